The minimum Gasteiger partial charge on any atom is -0.384 e. The van der Waals surface area contributed by atoms with Crippen LogP contribution >= 0.6 is 22.0 Å². The summed E-state index contributed by atoms with van der Waals surface area (Å²) in [6.45, 7) is 3.68. The molecule has 2 rings (SSSR count). The summed E-state index contributed by atoms with van der Waals surface area (Å²) < 4.78 is 28.0. The van der Waals surface area contributed by atoms with Crippen LogP contribution in [0.15, 0.2) is 9.59 Å². The van der Waals surface area contributed by atoms with E-state index in [1.165, 1.54) is 0 Å². The number of hydrogen-bond acceptors (Lipinski definition) is 5. The number of hydrogen-bond donors (Lipinski definition) is 0. The quantitative estimate of drug-likeness (QED) is 0.782. The molecular formula is C13H18ClNO4S2. The third-order valence-corrected chi connectivity index (χ3v) is 7.06. The maximum Gasteiger partial charge on any atom is 0.271 e. The Kier molecular flexibility index (Phi) is 5.29. The molecule has 8 heteroatoms. The van der Waals surface area contributed by atoms with Crippen molar-refractivity contribution < 1.29 is 17.9 Å². The third kappa shape index (κ3) is 3.77. The molecule has 0 aromatic carbocycles. The smallest absolute Gasteiger partial charge is 0.271 e. The number of thiophene rings is 1. The molecular weight excluding hydrogens is 334 g/mol. The number of amides is 1. The Morgan fingerprint density at radius 1 is 1.48 bits per heavy atom. The lowest BCUT2D eigenvalue weighted by molar-refractivity contribution is 0.0613. The van der Waals surface area contributed by atoms with Crippen LogP contribution in [0.2, 0.25) is 0 Å². The molecule has 118 valence electrons. The molecule has 0 aliphatic carbocycles. The van der Waals surface area contributed by atoms with Crippen LogP contribution < -0.4 is 0 Å². The minimum atomic E-state index is -3.79. The Morgan fingerprint density at radius 3 is 2.57 bits per heavy atom. The van der Waals surface area contributed by atoms with Crippen LogP contribution in [0.5, 0.6) is 0 Å². The van der Waals surface area contributed by atoms with Gasteiger partial charge in [-0.05, 0) is 31.2 Å². The molecule has 0 radical (unpaired) electrons. The first-order valence-corrected chi connectivity index (χ1v) is 9.84. The topological polar surface area (TPSA) is 63.7 Å². The van der Waals surface area contributed by atoms with E-state index in [-0.39, 0.29) is 10.1 Å². The average molecular weight is 352 g/mol. The largest absolute Gasteiger partial charge is 0.384 e. The fraction of sp³-hybridized carbons (Fsp3) is 0.615. The predicted molar refractivity (Wildman–Crippen MR) is 82.6 cm³/mol. The van der Waals surface area contributed by atoms with Crippen molar-refractivity contribution in [1.82, 2.24) is 4.90 Å². The molecule has 1 amide bonds. The van der Waals surface area contributed by atoms with Crippen LogP contribution in [-0.4, -0.2) is 46.0 Å². The van der Waals surface area contributed by atoms with Crippen LogP contribution in [0.25, 0.3) is 0 Å². The summed E-state index contributed by atoms with van der Waals surface area (Å²) in [7, 11) is 3.26. The van der Waals surface area contributed by atoms with E-state index in [2.05, 4.69) is 0 Å². The fourth-order valence-electron chi connectivity index (χ4n) is 2.56. The molecule has 1 fully saturated rings. The molecule has 2 heterocycles. The SMILES string of the molecule is COCC1CCN(C(=O)c2csc(S(=O)(=O)Cl)c2C)CC1. The van der Waals surface area contributed by atoms with Crippen molar-refractivity contribution in [1.29, 1.82) is 0 Å². The van der Waals surface area contributed by atoms with Crippen molar-refractivity contribution in [3.8, 4) is 0 Å². The first-order chi connectivity index (χ1) is 9.84. The van der Waals surface area contributed by atoms with Crippen molar-refractivity contribution >= 4 is 37.0 Å². The van der Waals surface area contributed by atoms with Gasteiger partial charge in [-0.25, -0.2) is 8.42 Å². The van der Waals surface area contributed by atoms with Gasteiger partial charge < -0.3 is 9.64 Å². The van der Waals surface area contributed by atoms with Crippen LogP contribution in [0.4, 0.5) is 0 Å². The lowest BCUT2D eigenvalue weighted by Crippen LogP contribution is -2.39. The van der Waals surface area contributed by atoms with Gasteiger partial charge in [0.1, 0.15) is 4.21 Å². The molecule has 1 aromatic heterocycles. The Bertz CT molecular complexity index is 618. The highest BCUT2D eigenvalue weighted by atomic mass is 35.7. The normalized spacial score (nSPS) is 17.2. The summed E-state index contributed by atoms with van der Waals surface area (Å²) in [6, 6.07) is 0. The summed E-state index contributed by atoms with van der Waals surface area (Å²) in [5.41, 5.74) is 0.878. The lowest BCUT2D eigenvalue weighted by Gasteiger charge is -2.31. The van der Waals surface area contributed by atoms with E-state index in [0.717, 1.165) is 24.2 Å². The summed E-state index contributed by atoms with van der Waals surface area (Å²) in [5, 5.41) is 1.58. The molecule has 0 saturated carbocycles. The van der Waals surface area contributed by atoms with Crippen molar-refractivity contribution in [3.05, 3.63) is 16.5 Å². The zero-order chi connectivity index (χ0) is 15.6. The van der Waals surface area contributed by atoms with E-state index in [4.69, 9.17) is 15.4 Å². The number of nitrogens with zero attached hydrogens (tertiary/aromatic N) is 1. The number of carbonyl (C=O) groups excluding carboxylic acids is 1. The van der Waals surface area contributed by atoms with Crippen molar-refractivity contribution in [3.63, 3.8) is 0 Å². The summed E-state index contributed by atoms with van der Waals surface area (Å²) >= 11 is 0.997. The molecule has 0 bridgehead atoms. The first-order valence-electron chi connectivity index (χ1n) is 6.65. The maximum atomic E-state index is 12.5. The lowest BCUT2D eigenvalue weighted by atomic mass is 9.97. The highest BCUT2D eigenvalue weighted by Crippen LogP contribution is 2.30. The monoisotopic (exact) mass is 351 g/mol. The van der Waals surface area contributed by atoms with Gasteiger partial charge in [-0.1, -0.05) is 0 Å². The first kappa shape index (κ1) is 16.7. The number of halogens is 1. The number of likely N-dealkylation sites (tertiary alicyclic amines) is 1. The van der Waals surface area contributed by atoms with Crippen molar-refractivity contribution in [2.45, 2.75) is 24.0 Å². The highest BCUT2D eigenvalue weighted by molar-refractivity contribution is 8.15. The van der Waals surface area contributed by atoms with Crippen molar-refractivity contribution in [2.24, 2.45) is 5.92 Å². The van der Waals surface area contributed by atoms with Crippen LogP contribution in [0.1, 0.15) is 28.8 Å². The summed E-state index contributed by atoms with van der Waals surface area (Å²) in [4.78, 5) is 14.3. The van der Waals surface area contributed by atoms with Crippen LogP contribution in [0.3, 0.4) is 0 Å². The van der Waals surface area contributed by atoms with Gasteiger partial charge in [0.15, 0.2) is 0 Å². The second kappa shape index (κ2) is 6.64. The van der Waals surface area contributed by atoms with Crippen LogP contribution in [-0.2, 0) is 13.8 Å². The van der Waals surface area contributed by atoms with E-state index in [1.807, 2.05) is 0 Å². The Labute approximate surface area is 133 Å². The number of methoxy groups -OCH3 is 1. The fourth-order valence-corrected chi connectivity index (χ4v) is 5.10. The van der Waals surface area contributed by atoms with Gasteiger partial charge in [-0.2, -0.15) is 0 Å². The molecule has 0 atom stereocenters. The number of ether oxygens (including phenoxy) is 1. The van der Waals surface area contributed by atoms with E-state index in [9.17, 15) is 13.2 Å². The number of rotatable bonds is 4. The van der Waals surface area contributed by atoms with Gasteiger partial charge in [0.25, 0.3) is 15.0 Å². The molecule has 21 heavy (non-hydrogen) atoms. The van der Waals surface area contributed by atoms with Gasteiger partial charge in [-0.15, -0.1) is 11.3 Å². The number of piperidine rings is 1. The van der Waals surface area contributed by atoms with E-state index >= 15 is 0 Å². The molecule has 1 aliphatic rings. The molecule has 0 spiro atoms. The van der Waals surface area contributed by atoms with Gasteiger partial charge in [0.05, 0.1) is 5.56 Å². The molecule has 0 N–H and O–H groups in total. The third-order valence-electron chi connectivity index (χ3n) is 3.75. The molecule has 1 aromatic rings. The average Bonchev–Trinajstić information content (AvgIpc) is 2.81. The highest BCUT2D eigenvalue weighted by Gasteiger charge is 2.27. The number of carbonyl (C=O) groups is 1. The van der Waals surface area contributed by atoms with Gasteiger partial charge >= 0.3 is 0 Å². The molecule has 1 saturated heterocycles. The van der Waals surface area contributed by atoms with Gasteiger partial charge in [0, 0.05) is 42.9 Å². The Hall–Kier alpha value is -0.630. The molecule has 1 aliphatic heterocycles. The standard InChI is InChI=1S/C13H18ClNO4S2/c1-9-11(8-20-13(9)21(14,17)18)12(16)15-5-3-10(4-6-15)7-19-2/h8,10H,3-7H2,1-2H3. The Morgan fingerprint density at radius 2 is 2.10 bits per heavy atom. The van der Waals surface area contributed by atoms with E-state index < -0.39 is 9.05 Å². The van der Waals surface area contributed by atoms with Gasteiger partial charge in [0.2, 0.25) is 0 Å². The molecule has 5 nitrogen and oxygen atoms in total. The zero-order valence-electron chi connectivity index (χ0n) is 12.0. The summed E-state index contributed by atoms with van der Waals surface area (Å²) in [5.74, 6) is 0.368. The van der Waals surface area contributed by atoms with E-state index in [1.54, 1.807) is 24.3 Å². The van der Waals surface area contributed by atoms with E-state index in [0.29, 0.717) is 36.7 Å². The zero-order valence-corrected chi connectivity index (χ0v) is 14.4. The second-order valence-electron chi connectivity index (χ2n) is 5.19. The maximum absolute atomic E-state index is 12.5. The van der Waals surface area contributed by atoms with Gasteiger partial charge in [-0.3, -0.25) is 4.79 Å². The molecule has 0 unspecified atom stereocenters. The Balaban J connectivity index is 2.10. The summed E-state index contributed by atoms with van der Waals surface area (Å²) in [6.07, 6.45) is 1.81. The van der Waals surface area contributed by atoms with Crippen LogP contribution in [0, 0.1) is 12.8 Å². The second-order valence-corrected chi connectivity index (χ2v) is 8.83. The predicted octanol–water partition coefficient (Wildman–Crippen LogP) is 2.48. The minimum absolute atomic E-state index is 0.0572. The van der Waals surface area contributed by atoms with Crippen molar-refractivity contribution in [2.75, 3.05) is 26.8 Å².